The van der Waals surface area contributed by atoms with E-state index in [4.69, 9.17) is 0 Å². The standard InChI is InChI=1S/C11H11F4N/c1-10(2)5-16-9-7(10)3-6(12)4-8(9)11(13,14)15/h3-4,16H,5H2,1-2H3. The average molecular weight is 233 g/mol. The van der Waals surface area contributed by atoms with Gasteiger partial charge in [-0.25, -0.2) is 4.39 Å². The third kappa shape index (κ3) is 1.64. The maximum Gasteiger partial charge on any atom is 0.418 e. The summed E-state index contributed by atoms with van der Waals surface area (Å²) in [6, 6.07) is 1.71. The monoisotopic (exact) mass is 233 g/mol. The van der Waals surface area contributed by atoms with Gasteiger partial charge in [-0.1, -0.05) is 13.8 Å². The maximum atomic E-state index is 13.2. The Morgan fingerprint density at radius 3 is 2.44 bits per heavy atom. The first kappa shape index (κ1) is 11.2. The molecule has 0 saturated carbocycles. The Bertz CT molecular complexity index is 434. The number of alkyl halides is 3. The van der Waals surface area contributed by atoms with Crippen molar-refractivity contribution in [2.75, 3.05) is 11.9 Å². The van der Waals surface area contributed by atoms with Gasteiger partial charge in [-0.05, 0) is 17.7 Å². The molecule has 1 aromatic carbocycles. The normalized spacial score (nSPS) is 18.1. The van der Waals surface area contributed by atoms with E-state index in [0.717, 1.165) is 0 Å². The second-order valence-corrected chi connectivity index (χ2v) is 4.61. The van der Waals surface area contributed by atoms with Crippen LogP contribution in [-0.2, 0) is 11.6 Å². The molecule has 0 radical (unpaired) electrons. The Labute approximate surface area is 90.5 Å². The Morgan fingerprint density at radius 2 is 1.88 bits per heavy atom. The molecule has 0 bridgehead atoms. The summed E-state index contributed by atoms with van der Waals surface area (Å²) < 4.78 is 51.2. The van der Waals surface area contributed by atoms with Gasteiger partial charge in [0, 0.05) is 12.0 Å². The minimum atomic E-state index is -4.53. The summed E-state index contributed by atoms with van der Waals surface area (Å²) in [5.41, 5.74) is -0.996. The molecule has 1 heterocycles. The van der Waals surface area contributed by atoms with E-state index in [1.165, 1.54) is 6.07 Å². The molecule has 1 aromatic rings. The fraction of sp³-hybridized carbons (Fsp3) is 0.455. The van der Waals surface area contributed by atoms with Crippen molar-refractivity contribution in [3.63, 3.8) is 0 Å². The minimum absolute atomic E-state index is 0.0129. The van der Waals surface area contributed by atoms with Crippen LogP contribution < -0.4 is 5.32 Å². The molecule has 0 amide bonds. The van der Waals surface area contributed by atoms with Crippen LogP contribution in [0, 0.1) is 5.82 Å². The predicted molar refractivity (Wildman–Crippen MR) is 52.9 cm³/mol. The summed E-state index contributed by atoms with van der Waals surface area (Å²) >= 11 is 0. The SMILES string of the molecule is CC1(C)CNc2c(C(F)(F)F)cc(F)cc21. The van der Waals surface area contributed by atoms with Crippen molar-refractivity contribution in [2.24, 2.45) is 0 Å². The molecule has 0 atom stereocenters. The van der Waals surface area contributed by atoms with Crippen molar-refractivity contribution in [1.29, 1.82) is 0 Å². The van der Waals surface area contributed by atoms with Crippen LogP contribution in [0.15, 0.2) is 12.1 Å². The molecule has 5 heteroatoms. The Hall–Kier alpha value is -1.26. The van der Waals surface area contributed by atoms with Gasteiger partial charge in [0.1, 0.15) is 5.82 Å². The number of halogens is 4. The summed E-state index contributed by atoms with van der Waals surface area (Å²) in [5, 5.41) is 2.71. The highest BCUT2D eigenvalue weighted by Crippen LogP contribution is 2.44. The van der Waals surface area contributed by atoms with Crippen molar-refractivity contribution in [2.45, 2.75) is 25.4 Å². The van der Waals surface area contributed by atoms with Crippen LogP contribution in [0.25, 0.3) is 0 Å². The zero-order valence-corrected chi connectivity index (χ0v) is 8.87. The number of rotatable bonds is 0. The van der Waals surface area contributed by atoms with Crippen LogP contribution in [0.3, 0.4) is 0 Å². The third-order valence-corrected chi connectivity index (χ3v) is 2.84. The van der Waals surface area contributed by atoms with E-state index in [-0.39, 0.29) is 5.69 Å². The number of hydrogen-bond donors (Lipinski definition) is 1. The Kier molecular flexibility index (Phi) is 2.19. The molecular formula is C11H11F4N. The van der Waals surface area contributed by atoms with Crippen LogP contribution in [0.5, 0.6) is 0 Å². The van der Waals surface area contributed by atoms with Gasteiger partial charge in [0.05, 0.1) is 11.3 Å². The molecule has 1 aliphatic heterocycles. The van der Waals surface area contributed by atoms with Gasteiger partial charge in [0.15, 0.2) is 0 Å². The first-order chi connectivity index (χ1) is 7.22. The summed E-state index contributed by atoms with van der Waals surface area (Å²) in [6.07, 6.45) is -4.53. The topological polar surface area (TPSA) is 12.0 Å². The van der Waals surface area contributed by atoms with E-state index in [1.54, 1.807) is 13.8 Å². The zero-order valence-electron chi connectivity index (χ0n) is 8.87. The van der Waals surface area contributed by atoms with Gasteiger partial charge in [-0.3, -0.25) is 0 Å². The molecule has 1 N–H and O–H groups in total. The first-order valence-electron chi connectivity index (χ1n) is 4.87. The lowest BCUT2D eigenvalue weighted by Crippen LogP contribution is -2.19. The van der Waals surface area contributed by atoms with Crippen molar-refractivity contribution in [3.05, 3.63) is 29.1 Å². The summed E-state index contributed by atoms with van der Waals surface area (Å²) in [4.78, 5) is 0. The summed E-state index contributed by atoms with van der Waals surface area (Å²) in [6.45, 7) is 3.95. The molecule has 1 aliphatic rings. The molecular weight excluding hydrogens is 222 g/mol. The number of fused-ring (bicyclic) bond motifs is 1. The average Bonchev–Trinajstić information content (AvgIpc) is 2.40. The zero-order chi connectivity index (χ0) is 12.1. The van der Waals surface area contributed by atoms with E-state index < -0.39 is 23.0 Å². The van der Waals surface area contributed by atoms with E-state index in [2.05, 4.69) is 5.32 Å². The first-order valence-corrected chi connectivity index (χ1v) is 4.87. The van der Waals surface area contributed by atoms with Gasteiger partial charge >= 0.3 is 6.18 Å². The van der Waals surface area contributed by atoms with Crippen molar-refractivity contribution in [3.8, 4) is 0 Å². The molecule has 0 unspecified atom stereocenters. The van der Waals surface area contributed by atoms with Gasteiger partial charge in [-0.15, -0.1) is 0 Å². The molecule has 0 spiro atoms. The van der Waals surface area contributed by atoms with Gasteiger partial charge in [-0.2, -0.15) is 13.2 Å². The lowest BCUT2D eigenvalue weighted by atomic mass is 9.86. The number of anilines is 1. The number of hydrogen-bond acceptors (Lipinski definition) is 1. The molecule has 88 valence electrons. The van der Waals surface area contributed by atoms with E-state index in [0.29, 0.717) is 18.2 Å². The fourth-order valence-corrected chi connectivity index (χ4v) is 1.96. The number of benzene rings is 1. The second kappa shape index (κ2) is 3.12. The number of nitrogens with one attached hydrogen (secondary N) is 1. The summed E-state index contributed by atoms with van der Waals surface area (Å²) in [7, 11) is 0. The summed E-state index contributed by atoms with van der Waals surface area (Å²) in [5.74, 6) is -0.845. The highest BCUT2D eigenvalue weighted by atomic mass is 19.4. The quantitative estimate of drug-likeness (QED) is 0.676. The van der Waals surface area contributed by atoms with E-state index >= 15 is 0 Å². The highest BCUT2D eigenvalue weighted by Gasteiger charge is 2.40. The lowest BCUT2D eigenvalue weighted by molar-refractivity contribution is -0.137. The van der Waals surface area contributed by atoms with Crippen molar-refractivity contribution < 1.29 is 17.6 Å². The molecule has 0 saturated heterocycles. The van der Waals surface area contributed by atoms with E-state index in [1.807, 2.05) is 0 Å². The van der Waals surface area contributed by atoms with E-state index in [9.17, 15) is 17.6 Å². The van der Waals surface area contributed by atoms with Gasteiger partial charge < -0.3 is 5.32 Å². The lowest BCUT2D eigenvalue weighted by Gasteiger charge is -2.18. The smallest absolute Gasteiger partial charge is 0.383 e. The van der Waals surface area contributed by atoms with Crippen LogP contribution in [-0.4, -0.2) is 6.54 Å². The Morgan fingerprint density at radius 1 is 1.25 bits per heavy atom. The molecule has 0 aromatic heterocycles. The maximum absolute atomic E-state index is 13.2. The molecule has 0 fully saturated rings. The van der Waals surface area contributed by atoms with Gasteiger partial charge in [0.2, 0.25) is 0 Å². The van der Waals surface area contributed by atoms with Crippen LogP contribution in [0.1, 0.15) is 25.0 Å². The van der Waals surface area contributed by atoms with Crippen LogP contribution >= 0.6 is 0 Å². The second-order valence-electron chi connectivity index (χ2n) is 4.61. The molecule has 1 nitrogen and oxygen atoms in total. The minimum Gasteiger partial charge on any atom is -0.383 e. The van der Waals surface area contributed by atoms with Crippen LogP contribution in [0.4, 0.5) is 23.2 Å². The van der Waals surface area contributed by atoms with Crippen molar-refractivity contribution >= 4 is 5.69 Å². The van der Waals surface area contributed by atoms with Crippen LogP contribution in [0.2, 0.25) is 0 Å². The molecule has 0 aliphatic carbocycles. The molecule has 2 rings (SSSR count). The molecule has 16 heavy (non-hydrogen) atoms. The van der Waals surface area contributed by atoms with Gasteiger partial charge in [0.25, 0.3) is 0 Å². The largest absolute Gasteiger partial charge is 0.418 e. The van der Waals surface area contributed by atoms with Crippen molar-refractivity contribution in [1.82, 2.24) is 0 Å². The third-order valence-electron chi connectivity index (χ3n) is 2.84. The Balaban J connectivity index is 2.67. The fourth-order valence-electron chi connectivity index (χ4n) is 1.96. The highest BCUT2D eigenvalue weighted by molar-refractivity contribution is 5.65. The predicted octanol–water partition coefficient (Wildman–Crippen LogP) is 3.55.